The van der Waals surface area contributed by atoms with Gasteiger partial charge in [-0.15, -0.1) is 0 Å². The molecule has 0 aliphatic heterocycles. The molecule has 5 heteroatoms. The molecule has 140 valence electrons. The molecule has 1 amide bonds. The monoisotopic (exact) mass is 346 g/mol. The van der Waals surface area contributed by atoms with Gasteiger partial charge in [-0.1, -0.05) is 45.7 Å². The Morgan fingerprint density at radius 3 is 2.44 bits per heavy atom. The minimum Gasteiger partial charge on any atom is -0.356 e. The van der Waals surface area contributed by atoms with Crippen molar-refractivity contribution in [2.24, 2.45) is 10.9 Å². The summed E-state index contributed by atoms with van der Waals surface area (Å²) in [5.41, 5.74) is 1.75. The van der Waals surface area contributed by atoms with Crippen LogP contribution in [0.4, 0.5) is 0 Å². The molecule has 25 heavy (non-hydrogen) atoms. The maximum atomic E-state index is 12.2. The Morgan fingerprint density at radius 2 is 1.84 bits per heavy atom. The van der Waals surface area contributed by atoms with Gasteiger partial charge in [0.1, 0.15) is 0 Å². The SMILES string of the molecule is CCC(CC)CNC(=NC)NCc1cccc(C(=O)NC(C)CC)c1. The predicted molar refractivity (Wildman–Crippen MR) is 106 cm³/mol. The quantitative estimate of drug-likeness (QED) is 0.475. The third kappa shape index (κ3) is 7.59. The number of rotatable bonds is 9. The van der Waals surface area contributed by atoms with Crippen molar-refractivity contribution >= 4 is 11.9 Å². The van der Waals surface area contributed by atoms with Crippen LogP contribution in [0.5, 0.6) is 0 Å². The number of amides is 1. The number of carbonyl (C=O) groups is 1. The minimum atomic E-state index is -0.0209. The van der Waals surface area contributed by atoms with Crippen molar-refractivity contribution in [1.29, 1.82) is 0 Å². The van der Waals surface area contributed by atoms with E-state index in [9.17, 15) is 4.79 Å². The van der Waals surface area contributed by atoms with E-state index in [-0.39, 0.29) is 11.9 Å². The maximum absolute atomic E-state index is 12.2. The number of carbonyl (C=O) groups excluding carboxylic acids is 1. The van der Waals surface area contributed by atoms with Crippen LogP contribution in [0, 0.1) is 5.92 Å². The summed E-state index contributed by atoms with van der Waals surface area (Å²) in [6.07, 6.45) is 3.24. The van der Waals surface area contributed by atoms with E-state index in [4.69, 9.17) is 0 Å². The van der Waals surface area contributed by atoms with Gasteiger partial charge in [0, 0.05) is 31.7 Å². The molecule has 1 atom stereocenters. The van der Waals surface area contributed by atoms with Gasteiger partial charge < -0.3 is 16.0 Å². The highest BCUT2D eigenvalue weighted by Crippen LogP contribution is 2.07. The summed E-state index contributed by atoms with van der Waals surface area (Å²) < 4.78 is 0. The molecule has 5 nitrogen and oxygen atoms in total. The fraction of sp³-hybridized carbons (Fsp3) is 0.600. The molecular formula is C20H34N4O. The Balaban J connectivity index is 2.59. The first-order chi connectivity index (χ1) is 12.0. The zero-order valence-electron chi connectivity index (χ0n) is 16.4. The zero-order chi connectivity index (χ0) is 18.7. The van der Waals surface area contributed by atoms with Crippen molar-refractivity contribution in [1.82, 2.24) is 16.0 Å². The Labute approximate surface area is 152 Å². The standard InChI is InChI=1S/C20H34N4O/c1-6-15(4)24-19(25)18-11-9-10-17(12-18)14-23-20(21-5)22-13-16(7-2)8-3/h9-12,15-16H,6-8,13-14H2,1-5H3,(H,24,25)(H2,21,22,23). The van der Waals surface area contributed by atoms with Crippen molar-refractivity contribution < 1.29 is 4.79 Å². The van der Waals surface area contributed by atoms with Crippen molar-refractivity contribution in [2.45, 2.75) is 59.5 Å². The molecule has 1 rings (SSSR count). The number of aliphatic imine (C=N–C) groups is 1. The van der Waals surface area contributed by atoms with Crippen molar-refractivity contribution in [3.8, 4) is 0 Å². The van der Waals surface area contributed by atoms with Gasteiger partial charge in [-0.25, -0.2) is 0 Å². The molecule has 0 saturated heterocycles. The number of hydrogen-bond donors (Lipinski definition) is 3. The largest absolute Gasteiger partial charge is 0.356 e. The molecule has 0 heterocycles. The van der Waals surface area contributed by atoms with Gasteiger partial charge in [-0.2, -0.15) is 0 Å². The summed E-state index contributed by atoms with van der Waals surface area (Å²) in [6.45, 7) is 10.0. The van der Waals surface area contributed by atoms with E-state index >= 15 is 0 Å². The molecule has 3 N–H and O–H groups in total. The van der Waals surface area contributed by atoms with Crippen LogP contribution in [-0.2, 0) is 6.54 Å². The lowest BCUT2D eigenvalue weighted by atomic mass is 10.0. The second kappa shape index (κ2) is 11.5. The average Bonchev–Trinajstić information content (AvgIpc) is 2.64. The van der Waals surface area contributed by atoms with Crippen molar-refractivity contribution in [3.05, 3.63) is 35.4 Å². The van der Waals surface area contributed by atoms with Crippen LogP contribution in [0.1, 0.15) is 62.9 Å². The van der Waals surface area contributed by atoms with E-state index in [1.165, 1.54) is 0 Å². The smallest absolute Gasteiger partial charge is 0.251 e. The molecule has 1 aromatic rings. The number of benzene rings is 1. The van der Waals surface area contributed by atoms with Crippen LogP contribution in [0.3, 0.4) is 0 Å². The molecular weight excluding hydrogens is 312 g/mol. The van der Waals surface area contributed by atoms with Gasteiger partial charge in [-0.05, 0) is 37.0 Å². The first-order valence-corrected chi connectivity index (χ1v) is 9.38. The van der Waals surface area contributed by atoms with Crippen molar-refractivity contribution in [3.63, 3.8) is 0 Å². The fourth-order valence-corrected chi connectivity index (χ4v) is 2.46. The third-order valence-corrected chi connectivity index (χ3v) is 4.58. The normalized spacial score (nSPS) is 12.8. The zero-order valence-corrected chi connectivity index (χ0v) is 16.4. The number of nitrogens with zero attached hydrogens (tertiary/aromatic N) is 1. The van der Waals surface area contributed by atoms with E-state index < -0.39 is 0 Å². The molecule has 0 aliphatic carbocycles. The molecule has 0 spiro atoms. The van der Waals surface area contributed by atoms with Gasteiger partial charge in [0.05, 0.1) is 0 Å². The van der Waals surface area contributed by atoms with E-state index in [0.717, 1.165) is 37.3 Å². The van der Waals surface area contributed by atoms with Gasteiger partial charge in [0.2, 0.25) is 0 Å². The minimum absolute atomic E-state index is 0.0209. The third-order valence-electron chi connectivity index (χ3n) is 4.58. The van der Waals surface area contributed by atoms with Gasteiger partial charge in [0.25, 0.3) is 5.91 Å². The van der Waals surface area contributed by atoms with Gasteiger partial charge in [-0.3, -0.25) is 9.79 Å². The van der Waals surface area contributed by atoms with E-state index in [0.29, 0.717) is 18.0 Å². The Hall–Kier alpha value is -2.04. The number of nitrogens with one attached hydrogen (secondary N) is 3. The molecule has 0 saturated carbocycles. The summed E-state index contributed by atoms with van der Waals surface area (Å²) in [4.78, 5) is 16.5. The number of guanidine groups is 1. The van der Waals surface area contributed by atoms with Crippen LogP contribution in [-0.4, -0.2) is 31.5 Å². The molecule has 0 fully saturated rings. The Bertz CT molecular complexity index is 552. The van der Waals surface area contributed by atoms with Gasteiger partial charge >= 0.3 is 0 Å². The van der Waals surface area contributed by atoms with Gasteiger partial charge in [0.15, 0.2) is 5.96 Å². The van der Waals surface area contributed by atoms with Crippen LogP contribution < -0.4 is 16.0 Å². The first kappa shape index (κ1) is 21.0. The lowest BCUT2D eigenvalue weighted by Gasteiger charge is -2.17. The van der Waals surface area contributed by atoms with E-state index in [2.05, 4.69) is 41.7 Å². The molecule has 1 unspecified atom stereocenters. The molecule has 0 bridgehead atoms. The fourth-order valence-electron chi connectivity index (χ4n) is 2.46. The highest BCUT2D eigenvalue weighted by Gasteiger charge is 2.09. The number of hydrogen-bond acceptors (Lipinski definition) is 2. The molecule has 1 aromatic carbocycles. The first-order valence-electron chi connectivity index (χ1n) is 9.38. The summed E-state index contributed by atoms with van der Waals surface area (Å²) >= 11 is 0. The molecule has 0 radical (unpaired) electrons. The summed E-state index contributed by atoms with van der Waals surface area (Å²) in [7, 11) is 1.78. The Morgan fingerprint density at radius 1 is 1.12 bits per heavy atom. The second-order valence-electron chi connectivity index (χ2n) is 6.47. The van der Waals surface area contributed by atoms with Crippen LogP contribution in [0.25, 0.3) is 0 Å². The van der Waals surface area contributed by atoms with Crippen LogP contribution in [0.2, 0.25) is 0 Å². The lowest BCUT2D eigenvalue weighted by molar-refractivity contribution is 0.0939. The van der Waals surface area contributed by atoms with E-state index in [1.54, 1.807) is 7.05 Å². The second-order valence-corrected chi connectivity index (χ2v) is 6.47. The van der Waals surface area contributed by atoms with Crippen LogP contribution in [0.15, 0.2) is 29.3 Å². The van der Waals surface area contributed by atoms with Crippen molar-refractivity contribution in [2.75, 3.05) is 13.6 Å². The highest BCUT2D eigenvalue weighted by atomic mass is 16.1. The predicted octanol–water partition coefficient (Wildman–Crippen LogP) is 3.32. The topological polar surface area (TPSA) is 65.5 Å². The summed E-state index contributed by atoms with van der Waals surface area (Å²) in [5.74, 6) is 1.43. The lowest BCUT2D eigenvalue weighted by Crippen LogP contribution is -2.39. The van der Waals surface area contributed by atoms with E-state index in [1.807, 2.05) is 31.2 Å². The van der Waals surface area contributed by atoms with Crippen LogP contribution >= 0.6 is 0 Å². The molecule has 0 aliphatic rings. The summed E-state index contributed by atoms with van der Waals surface area (Å²) in [6, 6.07) is 7.90. The summed E-state index contributed by atoms with van der Waals surface area (Å²) in [5, 5.41) is 9.69. The maximum Gasteiger partial charge on any atom is 0.251 e. The Kier molecular flexibility index (Phi) is 9.66. The molecule has 0 aromatic heterocycles. The average molecular weight is 347 g/mol. The highest BCUT2D eigenvalue weighted by molar-refractivity contribution is 5.94.